The van der Waals surface area contributed by atoms with Crippen LogP contribution in [-0.2, 0) is 9.59 Å². The molecule has 0 aromatic carbocycles. The molecular formula is C13H19NO3. The van der Waals surface area contributed by atoms with E-state index in [1.165, 1.54) is 0 Å². The quantitative estimate of drug-likeness (QED) is 0.578. The number of carboxylic acids is 1. The van der Waals surface area contributed by atoms with E-state index in [4.69, 9.17) is 5.11 Å². The predicted octanol–water partition coefficient (Wildman–Crippen LogP) is 1.76. The number of carbonyl (C=O) groups is 2. The van der Waals surface area contributed by atoms with Crippen LogP contribution in [0.2, 0.25) is 0 Å². The maximum Gasteiger partial charge on any atom is 0.316 e. The fraction of sp³-hybridized carbons (Fsp3) is 0.385. The summed E-state index contributed by atoms with van der Waals surface area (Å²) in [5.74, 6) is -2.92. The summed E-state index contributed by atoms with van der Waals surface area (Å²) in [6.07, 6.45) is 4.79. The number of hydrogen-bond donors (Lipinski definition) is 2. The molecule has 2 N–H and O–H groups in total. The molecule has 0 aliphatic carbocycles. The largest absolute Gasteiger partial charge is 0.481 e. The van der Waals surface area contributed by atoms with E-state index in [0.29, 0.717) is 6.54 Å². The van der Waals surface area contributed by atoms with Gasteiger partial charge < -0.3 is 10.4 Å². The molecule has 94 valence electrons. The summed E-state index contributed by atoms with van der Waals surface area (Å²) < 4.78 is 0. The van der Waals surface area contributed by atoms with Gasteiger partial charge in [-0.3, -0.25) is 9.59 Å². The van der Waals surface area contributed by atoms with E-state index in [9.17, 15) is 9.59 Å². The van der Waals surface area contributed by atoms with Gasteiger partial charge in [-0.1, -0.05) is 45.2 Å². The number of hydrogen-bond acceptors (Lipinski definition) is 2. The first kappa shape index (κ1) is 15.2. The molecule has 1 aliphatic heterocycles. The normalized spacial score (nSPS) is 23.2. The number of allylic oxidation sites excluding steroid dienone is 3. The molecule has 0 radical (unpaired) electrons. The number of carboxylic acid groups (broad SMARTS) is 1. The van der Waals surface area contributed by atoms with Gasteiger partial charge in [0.2, 0.25) is 5.91 Å². The van der Waals surface area contributed by atoms with Crippen molar-refractivity contribution < 1.29 is 14.7 Å². The number of nitrogens with one attached hydrogen (secondary N) is 1. The first-order valence-electron chi connectivity index (χ1n) is 5.57. The molecule has 1 fully saturated rings. The van der Waals surface area contributed by atoms with Crippen LogP contribution in [0.4, 0.5) is 0 Å². The van der Waals surface area contributed by atoms with Gasteiger partial charge in [0.1, 0.15) is 5.92 Å². The summed E-state index contributed by atoms with van der Waals surface area (Å²) in [6, 6.07) is 0. The van der Waals surface area contributed by atoms with E-state index in [2.05, 4.69) is 18.5 Å². The highest BCUT2D eigenvalue weighted by Crippen LogP contribution is 2.26. The average molecular weight is 237 g/mol. The Bertz CT molecular complexity index is 345. The van der Waals surface area contributed by atoms with E-state index in [1.54, 1.807) is 18.2 Å². The van der Waals surface area contributed by atoms with E-state index in [-0.39, 0.29) is 5.92 Å². The second-order valence-electron chi connectivity index (χ2n) is 3.27. The molecule has 2 unspecified atom stereocenters. The maximum absolute atomic E-state index is 11.3. The number of amides is 1. The van der Waals surface area contributed by atoms with Crippen LogP contribution in [0.3, 0.4) is 0 Å². The number of carbonyl (C=O) groups excluding carboxylic acids is 1. The van der Waals surface area contributed by atoms with Gasteiger partial charge in [0, 0.05) is 12.5 Å². The molecule has 0 aromatic rings. The molecule has 1 saturated heterocycles. The highest BCUT2D eigenvalue weighted by atomic mass is 16.4. The molecule has 0 aromatic heterocycles. The van der Waals surface area contributed by atoms with Crippen molar-refractivity contribution >= 4 is 11.9 Å². The minimum atomic E-state index is -1.10. The lowest BCUT2D eigenvalue weighted by atomic mass is 9.88. The minimum absolute atomic E-state index is 0.335. The monoisotopic (exact) mass is 237 g/mol. The van der Waals surface area contributed by atoms with Crippen molar-refractivity contribution in [3.05, 3.63) is 37.0 Å². The first-order valence-corrected chi connectivity index (χ1v) is 5.57. The zero-order valence-corrected chi connectivity index (χ0v) is 10.3. The SMILES string of the molecule is C=C/C=C(\C=C)C1CNC(=O)C1C(=O)O.CC. The van der Waals surface area contributed by atoms with Crippen LogP contribution in [0.15, 0.2) is 37.0 Å². The molecule has 0 spiro atoms. The third kappa shape index (κ3) is 3.59. The van der Waals surface area contributed by atoms with Gasteiger partial charge in [-0.25, -0.2) is 0 Å². The predicted molar refractivity (Wildman–Crippen MR) is 67.5 cm³/mol. The summed E-state index contributed by atoms with van der Waals surface area (Å²) in [7, 11) is 0. The van der Waals surface area contributed by atoms with Gasteiger partial charge in [0.15, 0.2) is 0 Å². The third-order valence-electron chi connectivity index (χ3n) is 2.42. The van der Waals surface area contributed by atoms with Gasteiger partial charge in [-0.2, -0.15) is 0 Å². The molecule has 4 heteroatoms. The van der Waals surface area contributed by atoms with Crippen molar-refractivity contribution in [2.45, 2.75) is 13.8 Å². The second-order valence-corrected chi connectivity index (χ2v) is 3.27. The molecule has 1 amide bonds. The van der Waals surface area contributed by atoms with Gasteiger partial charge in [-0.05, 0) is 5.57 Å². The zero-order chi connectivity index (χ0) is 13.4. The van der Waals surface area contributed by atoms with Gasteiger partial charge in [-0.15, -0.1) is 0 Å². The molecule has 1 rings (SSSR count). The Morgan fingerprint density at radius 2 is 2.06 bits per heavy atom. The molecule has 0 bridgehead atoms. The molecule has 17 heavy (non-hydrogen) atoms. The maximum atomic E-state index is 11.3. The van der Waals surface area contributed by atoms with Crippen molar-refractivity contribution in [2.75, 3.05) is 6.54 Å². The number of aliphatic carboxylic acids is 1. The second kappa shape index (κ2) is 7.44. The Kier molecular flexibility index (Phi) is 6.63. The summed E-state index contributed by atoms with van der Waals surface area (Å²) in [6.45, 7) is 11.5. The van der Waals surface area contributed by atoms with Crippen LogP contribution >= 0.6 is 0 Å². The highest BCUT2D eigenvalue weighted by molar-refractivity contribution is 5.99. The smallest absolute Gasteiger partial charge is 0.316 e. The van der Waals surface area contributed by atoms with Crippen LogP contribution < -0.4 is 5.32 Å². The van der Waals surface area contributed by atoms with E-state index < -0.39 is 17.8 Å². The molecule has 1 aliphatic rings. The number of rotatable bonds is 4. The fourth-order valence-corrected chi connectivity index (χ4v) is 1.69. The third-order valence-corrected chi connectivity index (χ3v) is 2.42. The minimum Gasteiger partial charge on any atom is -0.481 e. The van der Waals surface area contributed by atoms with Gasteiger partial charge >= 0.3 is 5.97 Å². The van der Waals surface area contributed by atoms with Gasteiger partial charge in [0.05, 0.1) is 0 Å². The Morgan fingerprint density at radius 3 is 2.47 bits per heavy atom. The van der Waals surface area contributed by atoms with Gasteiger partial charge in [0.25, 0.3) is 0 Å². The molecule has 0 saturated carbocycles. The van der Waals surface area contributed by atoms with E-state index in [1.807, 2.05) is 13.8 Å². The van der Waals surface area contributed by atoms with Crippen molar-refractivity contribution in [3.8, 4) is 0 Å². The summed E-state index contributed by atoms with van der Waals surface area (Å²) in [5, 5.41) is 11.5. The van der Waals surface area contributed by atoms with Crippen LogP contribution in [0, 0.1) is 11.8 Å². The lowest BCUT2D eigenvalue weighted by Crippen LogP contribution is -2.27. The summed E-state index contributed by atoms with van der Waals surface area (Å²) in [4.78, 5) is 22.2. The van der Waals surface area contributed by atoms with Crippen LogP contribution in [0.1, 0.15) is 13.8 Å². The molecule has 4 nitrogen and oxygen atoms in total. The zero-order valence-electron chi connectivity index (χ0n) is 10.3. The molecular weight excluding hydrogens is 218 g/mol. The Hall–Kier alpha value is -1.84. The van der Waals surface area contributed by atoms with Crippen molar-refractivity contribution in [3.63, 3.8) is 0 Å². The summed E-state index contributed by atoms with van der Waals surface area (Å²) >= 11 is 0. The average Bonchev–Trinajstić information content (AvgIpc) is 2.70. The highest BCUT2D eigenvalue weighted by Gasteiger charge is 2.41. The van der Waals surface area contributed by atoms with E-state index in [0.717, 1.165) is 5.57 Å². The molecule has 1 heterocycles. The van der Waals surface area contributed by atoms with Crippen LogP contribution in [0.25, 0.3) is 0 Å². The standard InChI is InChI=1S/C11H13NO3.C2H6/c1-3-5-7(4-2)8-6-12-10(13)9(8)11(14)15;1-2/h3-5,8-9H,1-2,6H2,(H,12,13)(H,14,15);1-2H3/b7-5+;. The molecule has 2 atom stereocenters. The Labute approximate surface area is 102 Å². The van der Waals surface area contributed by atoms with Crippen LogP contribution in [-0.4, -0.2) is 23.5 Å². The van der Waals surface area contributed by atoms with Crippen LogP contribution in [0.5, 0.6) is 0 Å². The van der Waals surface area contributed by atoms with E-state index >= 15 is 0 Å². The lowest BCUT2D eigenvalue weighted by Gasteiger charge is -2.13. The topological polar surface area (TPSA) is 66.4 Å². The first-order chi connectivity index (χ1) is 8.11. The fourth-order valence-electron chi connectivity index (χ4n) is 1.69. The van der Waals surface area contributed by atoms with Crippen molar-refractivity contribution in [1.82, 2.24) is 5.32 Å². The summed E-state index contributed by atoms with van der Waals surface area (Å²) in [5.41, 5.74) is 0.718. The van der Waals surface area contributed by atoms with Crippen molar-refractivity contribution in [2.24, 2.45) is 11.8 Å². The lowest BCUT2D eigenvalue weighted by molar-refractivity contribution is -0.146. The van der Waals surface area contributed by atoms with Crippen molar-refractivity contribution in [1.29, 1.82) is 0 Å². The Morgan fingerprint density at radius 1 is 1.47 bits per heavy atom. The Balaban J connectivity index is 0.00000121.